The summed E-state index contributed by atoms with van der Waals surface area (Å²) in [6.45, 7) is 1.72. The van der Waals surface area contributed by atoms with Gasteiger partial charge in [-0.3, -0.25) is 4.79 Å². The van der Waals surface area contributed by atoms with E-state index in [1.165, 1.54) is 12.1 Å². The van der Waals surface area contributed by atoms with Gasteiger partial charge >= 0.3 is 0 Å². The molecule has 5 heteroatoms. The summed E-state index contributed by atoms with van der Waals surface area (Å²) >= 11 is 5.91. The molecule has 1 fully saturated rings. The van der Waals surface area contributed by atoms with E-state index in [4.69, 9.17) is 11.6 Å². The number of hydrogen-bond acceptors (Lipinski definition) is 2. The van der Waals surface area contributed by atoms with E-state index in [0.717, 1.165) is 19.5 Å². The van der Waals surface area contributed by atoms with Gasteiger partial charge in [0, 0.05) is 30.2 Å². The third-order valence-electron chi connectivity index (χ3n) is 3.37. The minimum atomic E-state index is -0.422. The Labute approximate surface area is 111 Å². The van der Waals surface area contributed by atoms with Crippen LogP contribution in [0.5, 0.6) is 0 Å². The summed E-state index contributed by atoms with van der Waals surface area (Å²) < 4.78 is 13.6. The second-order valence-corrected chi connectivity index (χ2v) is 4.94. The first kappa shape index (κ1) is 13.3. The van der Waals surface area contributed by atoms with Gasteiger partial charge in [0.2, 0.25) is 5.91 Å². The smallest absolute Gasteiger partial charge is 0.227 e. The van der Waals surface area contributed by atoms with Gasteiger partial charge in [0.1, 0.15) is 5.82 Å². The molecular weight excluding hydrogens is 255 g/mol. The predicted octanol–water partition coefficient (Wildman–Crippen LogP) is 1.84. The van der Waals surface area contributed by atoms with Gasteiger partial charge in [0.15, 0.2) is 0 Å². The van der Waals surface area contributed by atoms with Gasteiger partial charge in [-0.2, -0.15) is 0 Å². The quantitative estimate of drug-likeness (QED) is 0.909. The molecule has 1 heterocycles. The van der Waals surface area contributed by atoms with E-state index in [1.54, 1.807) is 18.0 Å². The summed E-state index contributed by atoms with van der Waals surface area (Å²) in [5, 5.41) is 3.51. The van der Waals surface area contributed by atoms with E-state index in [0.29, 0.717) is 5.02 Å². The third kappa shape index (κ3) is 2.82. The molecule has 1 atom stereocenters. The first-order valence-corrected chi connectivity index (χ1v) is 6.36. The van der Waals surface area contributed by atoms with Crippen molar-refractivity contribution in [2.75, 3.05) is 20.1 Å². The number of likely N-dealkylation sites (N-methyl/N-ethyl adjacent to an activating group) is 1. The molecule has 0 unspecified atom stereocenters. The van der Waals surface area contributed by atoms with Crippen LogP contribution in [0.4, 0.5) is 4.39 Å². The van der Waals surface area contributed by atoms with Gasteiger partial charge in [-0.25, -0.2) is 4.39 Å². The minimum Gasteiger partial charge on any atom is -0.341 e. The molecule has 0 aromatic heterocycles. The lowest BCUT2D eigenvalue weighted by atomic mass is 10.1. The maximum absolute atomic E-state index is 13.6. The molecule has 1 aliphatic heterocycles. The second kappa shape index (κ2) is 5.67. The lowest BCUT2D eigenvalue weighted by Crippen LogP contribution is -2.39. The Morgan fingerprint density at radius 1 is 1.61 bits per heavy atom. The molecule has 98 valence electrons. The van der Waals surface area contributed by atoms with Crippen molar-refractivity contribution in [3.05, 3.63) is 34.6 Å². The molecule has 0 spiro atoms. The average Bonchev–Trinajstić information content (AvgIpc) is 2.86. The van der Waals surface area contributed by atoms with E-state index in [9.17, 15) is 9.18 Å². The van der Waals surface area contributed by atoms with Gasteiger partial charge < -0.3 is 10.2 Å². The van der Waals surface area contributed by atoms with Gasteiger partial charge in [-0.1, -0.05) is 17.7 Å². The van der Waals surface area contributed by atoms with Crippen LogP contribution < -0.4 is 5.32 Å². The maximum Gasteiger partial charge on any atom is 0.227 e. The molecule has 1 amide bonds. The van der Waals surface area contributed by atoms with Crippen LogP contribution in [0.15, 0.2) is 18.2 Å². The Kier molecular flexibility index (Phi) is 4.19. The van der Waals surface area contributed by atoms with Crippen LogP contribution in [0.3, 0.4) is 0 Å². The van der Waals surface area contributed by atoms with Crippen LogP contribution in [0.1, 0.15) is 12.0 Å². The lowest BCUT2D eigenvalue weighted by Gasteiger charge is -2.24. The first-order chi connectivity index (χ1) is 8.59. The largest absolute Gasteiger partial charge is 0.341 e. The molecule has 0 radical (unpaired) electrons. The number of carbonyl (C=O) groups is 1. The molecule has 1 saturated heterocycles. The molecule has 0 aliphatic carbocycles. The number of halogens is 2. The van der Waals surface area contributed by atoms with E-state index < -0.39 is 5.82 Å². The van der Waals surface area contributed by atoms with Gasteiger partial charge in [-0.15, -0.1) is 0 Å². The molecule has 1 aliphatic rings. The monoisotopic (exact) mass is 270 g/mol. The SMILES string of the molecule is CN(C(=O)Cc1c(F)cccc1Cl)[C@@H]1CCNC1. The van der Waals surface area contributed by atoms with E-state index in [1.807, 2.05) is 0 Å². The Hall–Kier alpha value is -1.13. The Balaban J connectivity index is 2.06. The second-order valence-electron chi connectivity index (χ2n) is 4.53. The highest BCUT2D eigenvalue weighted by Gasteiger charge is 2.24. The zero-order valence-electron chi connectivity index (χ0n) is 10.2. The van der Waals surface area contributed by atoms with E-state index in [2.05, 4.69) is 5.32 Å². The molecule has 1 N–H and O–H groups in total. The van der Waals surface area contributed by atoms with Crippen molar-refractivity contribution >= 4 is 17.5 Å². The van der Waals surface area contributed by atoms with Crippen molar-refractivity contribution in [3.8, 4) is 0 Å². The van der Waals surface area contributed by atoms with Gasteiger partial charge in [0.25, 0.3) is 0 Å². The van der Waals surface area contributed by atoms with Crippen molar-refractivity contribution in [3.63, 3.8) is 0 Å². The van der Waals surface area contributed by atoms with Crippen LogP contribution in [-0.4, -0.2) is 37.0 Å². The molecule has 0 bridgehead atoms. The first-order valence-electron chi connectivity index (χ1n) is 5.99. The van der Waals surface area contributed by atoms with Crippen molar-refractivity contribution in [1.82, 2.24) is 10.2 Å². The highest BCUT2D eigenvalue weighted by Crippen LogP contribution is 2.20. The summed E-state index contributed by atoms with van der Waals surface area (Å²) in [4.78, 5) is 13.8. The number of nitrogens with zero attached hydrogens (tertiary/aromatic N) is 1. The van der Waals surface area contributed by atoms with Crippen LogP contribution in [0, 0.1) is 5.82 Å². The fraction of sp³-hybridized carbons (Fsp3) is 0.462. The number of carbonyl (C=O) groups excluding carboxylic acids is 1. The fourth-order valence-corrected chi connectivity index (χ4v) is 2.38. The van der Waals surface area contributed by atoms with Crippen LogP contribution in [0.25, 0.3) is 0 Å². The van der Waals surface area contributed by atoms with E-state index in [-0.39, 0.29) is 23.9 Å². The number of amides is 1. The zero-order valence-corrected chi connectivity index (χ0v) is 11.0. The van der Waals surface area contributed by atoms with Crippen molar-refractivity contribution in [1.29, 1.82) is 0 Å². The highest BCUT2D eigenvalue weighted by molar-refractivity contribution is 6.31. The third-order valence-corrected chi connectivity index (χ3v) is 3.72. The number of rotatable bonds is 3. The molecule has 3 nitrogen and oxygen atoms in total. The Morgan fingerprint density at radius 3 is 3.00 bits per heavy atom. The summed E-state index contributed by atoms with van der Waals surface area (Å²) in [6.07, 6.45) is 0.950. The number of benzene rings is 1. The topological polar surface area (TPSA) is 32.3 Å². The van der Waals surface area contributed by atoms with Crippen molar-refractivity contribution < 1.29 is 9.18 Å². The number of hydrogen-bond donors (Lipinski definition) is 1. The molecule has 1 aromatic rings. The van der Waals surface area contributed by atoms with Crippen LogP contribution in [-0.2, 0) is 11.2 Å². The molecule has 18 heavy (non-hydrogen) atoms. The maximum atomic E-state index is 13.6. The Morgan fingerprint density at radius 2 is 2.39 bits per heavy atom. The van der Waals surface area contributed by atoms with Crippen molar-refractivity contribution in [2.45, 2.75) is 18.9 Å². The average molecular weight is 271 g/mol. The summed E-state index contributed by atoms with van der Waals surface area (Å²) in [7, 11) is 1.76. The normalized spacial score (nSPS) is 18.9. The highest BCUT2D eigenvalue weighted by atomic mass is 35.5. The standard InChI is InChI=1S/C13H16ClFN2O/c1-17(9-5-6-16-8-9)13(18)7-10-11(14)3-2-4-12(10)15/h2-4,9,16H,5-8H2,1H3/t9-/m1/s1. The summed E-state index contributed by atoms with van der Waals surface area (Å²) in [5.41, 5.74) is 0.280. The summed E-state index contributed by atoms with van der Waals surface area (Å²) in [6, 6.07) is 4.66. The molecule has 2 rings (SSSR count). The van der Waals surface area contributed by atoms with Gasteiger partial charge in [0.05, 0.1) is 6.42 Å². The van der Waals surface area contributed by atoms with Crippen molar-refractivity contribution in [2.24, 2.45) is 0 Å². The molecular formula is C13H16ClFN2O. The van der Waals surface area contributed by atoms with Crippen LogP contribution >= 0.6 is 11.6 Å². The summed E-state index contributed by atoms with van der Waals surface area (Å²) in [5.74, 6) is -0.524. The Bertz CT molecular complexity index is 426. The van der Waals surface area contributed by atoms with E-state index >= 15 is 0 Å². The molecule has 1 aromatic carbocycles. The number of nitrogens with one attached hydrogen (secondary N) is 1. The lowest BCUT2D eigenvalue weighted by molar-refractivity contribution is -0.130. The predicted molar refractivity (Wildman–Crippen MR) is 69.2 cm³/mol. The fourth-order valence-electron chi connectivity index (χ4n) is 2.15. The minimum absolute atomic E-state index is 0.0124. The zero-order chi connectivity index (χ0) is 13.1. The van der Waals surface area contributed by atoms with Gasteiger partial charge in [-0.05, 0) is 25.1 Å². The molecule has 0 saturated carbocycles. The van der Waals surface area contributed by atoms with Crippen LogP contribution in [0.2, 0.25) is 5.02 Å².